The molecule has 0 saturated carbocycles. The first kappa shape index (κ1) is 18.3. The van der Waals surface area contributed by atoms with Crippen molar-refractivity contribution in [2.45, 2.75) is 24.4 Å². The lowest BCUT2D eigenvalue weighted by atomic mass is 10.1. The number of carbonyl (C=O) groups is 1. The number of furan rings is 1. The van der Waals surface area contributed by atoms with E-state index in [1.54, 1.807) is 18.4 Å². The maximum Gasteiger partial charge on any atom is 0.240 e. The number of hydrazone groups is 1. The number of nitrogens with one attached hydrogen (secondary N) is 3. The molecule has 0 unspecified atom stereocenters. The molecule has 0 aliphatic heterocycles. The van der Waals surface area contributed by atoms with E-state index in [2.05, 4.69) is 37.1 Å². The lowest BCUT2D eigenvalue weighted by Gasteiger charge is -2.02. The number of fused-ring (bicyclic) bond motifs is 1. The molecule has 9 nitrogen and oxygen atoms in total. The number of rotatable bonds is 7. The molecular formula is C17H15N7O2S2. The number of nitriles is 1. The smallest absolute Gasteiger partial charge is 0.240 e. The summed E-state index contributed by atoms with van der Waals surface area (Å²) in [5.74, 6) is 0.902. The predicted octanol–water partition coefficient (Wildman–Crippen LogP) is 3.00. The van der Waals surface area contributed by atoms with Crippen LogP contribution in [0.4, 0.5) is 10.9 Å². The molecule has 0 spiro atoms. The largest absolute Gasteiger partial charge is 0.463 e. The summed E-state index contributed by atoms with van der Waals surface area (Å²) in [6, 6.07) is 5.75. The third-order valence-electron chi connectivity index (χ3n) is 3.99. The average Bonchev–Trinajstić information content (AvgIpc) is 3.45. The van der Waals surface area contributed by atoms with Gasteiger partial charge >= 0.3 is 0 Å². The van der Waals surface area contributed by atoms with Crippen LogP contribution in [0.5, 0.6) is 0 Å². The van der Waals surface area contributed by atoms with E-state index in [1.807, 2.05) is 0 Å². The fourth-order valence-corrected chi connectivity index (χ4v) is 4.64. The van der Waals surface area contributed by atoms with Crippen molar-refractivity contribution in [3.05, 3.63) is 40.2 Å². The molecule has 3 N–H and O–H groups in total. The van der Waals surface area contributed by atoms with Crippen molar-refractivity contribution in [1.29, 1.82) is 5.26 Å². The molecule has 142 valence electrons. The number of amides is 1. The highest BCUT2D eigenvalue weighted by atomic mass is 32.2. The Labute approximate surface area is 168 Å². The van der Waals surface area contributed by atoms with E-state index in [1.165, 1.54) is 34.2 Å². The van der Waals surface area contributed by atoms with Crippen molar-refractivity contribution in [2.75, 3.05) is 16.5 Å². The molecule has 1 amide bonds. The maximum atomic E-state index is 12.2. The Balaban J connectivity index is 1.29. The van der Waals surface area contributed by atoms with Crippen molar-refractivity contribution in [3.63, 3.8) is 0 Å². The van der Waals surface area contributed by atoms with E-state index < -0.39 is 0 Å². The lowest BCUT2D eigenvalue weighted by molar-refractivity contribution is -0.113. The zero-order chi connectivity index (χ0) is 19.3. The third kappa shape index (κ3) is 4.08. The Morgan fingerprint density at radius 2 is 2.46 bits per heavy atom. The van der Waals surface area contributed by atoms with Gasteiger partial charge < -0.3 is 9.73 Å². The van der Waals surface area contributed by atoms with Crippen molar-refractivity contribution >= 4 is 46.2 Å². The van der Waals surface area contributed by atoms with Crippen LogP contribution in [0.3, 0.4) is 0 Å². The minimum absolute atomic E-state index is 0.139. The van der Waals surface area contributed by atoms with E-state index in [0.717, 1.165) is 24.8 Å². The zero-order valence-electron chi connectivity index (χ0n) is 14.6. The Kier molecular flexibility index (Phi) is 5.41. The van der Waals surface area contributed by atoms with E-state index in [0.29, 0.717) is 27.4 Å². The molecule has 0 bridgehead atoms. The minimum Gasteiger partial charge on any atom is -0.463 e. The fourth-order valence-electron chi connectivity index (χ4n) is 2.79. The van der Waals surface area contributed by atoms with Gasteiger partial charge in [0.05, 0.1) is 23.8 Å². The van der Waals surface area contributed by atoms with Gasteiger partial charge in [0.25, 0.3) is 0 Å². The van der Waals surface area contributed by atoms with Gasteiger partial charge in [-0.2, -0.15) is 15.3 Å². The summed E-state index contributed by atoms with van der Waals surface area (Å²) in [5.41, 5.74) is 4.40. The fraction of sp³-hybridized carbons (Fsp3) is 0.235. The Hall–Kier alpha value is -3.10. The monoisotopic (exact) mass is 413 g/mol. The van der Waals surface area contributed by atoms with Crippen LogP contribution in [-0.4, -0.2) is 33.1 Å². The number of H-pyrrole nitrogens is 1. The summed E-state index contributed by atoms with van der Waals surface area (Å²) >= 11 is 2.69. The number of nitrogens with zero attached hydrogens (tertiary/aromatic N) is 4. The molecule has 3 aromatic rings. The first-order valence-electron chi connectivity index (χ1n) is 8.45. The first-order valence-corrected chi connectivity index (χ1v) is 10.3. The summed E-state index contributed by atoms with van der Waals surface area (Å²) in [6.07, 6.45) is 6.03. The summed E-state index contributed by atoms with van der Waals surface area (Å²) < 4.78 is 5.12. The van der Waals surface area contributed by atoms with E-state index in [4.69, 9.17) is 4.42 Å². The van der Waals surface area contributed by atoms with Crippen molar-refractivity contribution in [2.24, 2.45) is 5.10 Å². The van der Waals surface area contributed by atoms with E-state index in [9.17, 15) is 10.1 Å². The number of aryl methyl sites for hydroxylation is 1. The van der Waals surface area contributed by atoms with Gasteiger partial charge in [0.1, 0.15) is 16.8 Å². The average molecular weight is 413 g/mol. The normalized spacial score (nSPS) is 12.8. The summed E-state index contributed by atoms with van der Waals surface area (Å²) in [7, 11) is 0. The Bertz CT molecular complexity index is 1050. The van der Waals surface area contributed by atoms with E-state index in [-0.39, 0.29) is 11.7 Å². The highest BCUT2D eigenvalue weighted by Gasteiger charge is 2.23. The third-order valence-corrected chi connectivity index (χ3v) is 6.04. The number of hydrogen-bond donors (Lipinski definition) is 3. The molecule has 0 radical (unpaired) electrons. The standard InChI is InChI=1S/C17H15N7O2S2/c18-7-12-11-4-1-5-13(11)28-15(12)20-14(25)9-27-17-21-16(23-24-17)22-19-8-10-3-2-6-26-10/h2-3,6,8H,1,4-5,9H2,(H,20,25)(H2,21,22,23,24)/b19-8-. The summed E-state index contributed by atoms with van der Waals surface area (Å²) in [6.45, 7) is 0. The Morgan fingerprint density at radius 1 is 1.54 bits per heavy atom. The van der Waals surface area contributed by atoms with Gasteiger partial charge in [0, 0.05) is 4.88 Å². The van der Waals surface area contributed by atoms with Gasteiger partial charge in [0.2, 0.25) is 17.0 Å². The number of hydrogen-bond acceptors (Lipinski definition) is 9. The molecule has 11 heteroatoms. The number of carbonyl (C=O) groups excluding carboxylic acids is 1. The summed E-state index contributed by atoms with van der Waals surface area (Å²) in [4.78, 5) is 17.6. The van der Waals surface area contributed by atoms with Gasteiger partial charge in [-0.25, -0.2) is 10.5 Å². The maximum absolute atomic E-state index is 12.2. The van der Waals surface area contributed by atoms with Crippen LogP contribution in [0.1, 0.15) is 28.2 Å². The topological polar surface area (TPSA) is 132 Å². The Morgan fingerprint density at radius 3 is 3.29 bits per heavy atom. The van der Waals surface area contributed by atoms with Crippen LogP contribution in [0.2, 0.25) is 0 Å². The molecule has 0 saturated heterocycles. The second kappa shape index (κ2) is 8.28. The van der Waals surface area contributed by atoms with Crippen LogP contribution >= 0.6 is 23.1 Å². The molecule has 0 fully saturated rings. The number of anilines is 2. The van der Waals surface area contributed by atoms with Crippen LogP contribution < -0.4 is 10.7 Å². The zero-order valence-corrected chi connectivity index (χ0v) is 16.2. The molecule has 3 aromatic heterocycles. The molecule has 1 aliphatic carbocycles. The second-order valence-electron chi connectivity index (χ2n) is 5.86. The first-order chi connectivity index (χ1) is 13.7. The van der Waals surface area contributed by atoms with Gasteiger partial charge in [-0.05, 0) is 37.0 Å². The van der Waals surface area contributed by atoms with Crippen molar-refractivity contribution in [3.8, 4) is 6.07 Å². The highest BCUT2D eigenvalue weighted by Crippen LogP contribution is 2.38. The number of aromatic amines is 1. The SMILES string of the molecule is N#Cc1c(NC(=O)CSc2n[nH]c(N/N=C\c3ccco3)n2)sc2c1CCC2. The minimum atomic E-state index is -0.198. The van der Waals surface area contributed by atoms with Crippen molar-refractivity contribution < 1.29 is 9.21 Å². The molecule has 0 aromatic carbocycles. The van der Waals surface area contributed by atoms with Crippen LogP contribution in [0.25, 0.3) is 0 Å². The second-order valence-corrected chi connectivity index (χ2v) is 7.91. The van der Waals surface area contributed by atoms with Gasteiger partial charge in [-0.3, -0.25) is 4.79 Å². The predicted molar refractivity (Wildman–Crippen MR) is 107 cm³/mol. The van der Waals surface area contributed by atoms with E-state index >= 15 is 0 Å². The number of aromatic nitrogens is 3. The van der Waals surface area contributed by atoms with Gasteiger partial charge in [-0.1, -0.05) is 11.8 Å². The molecular weight excluding hydrogens is 398 g/mol. The highest BCUT2D eigenvalue weighted by molar-refractivity contribution is 7.99. The van der Waals surface area contributed by atoms with Crippen LogP contribution in [-0.2, 0) is 17.6 Å². The number of thioether (sulfide) groups is 1. The molecule has 1 aliphatic rings. The van der Waals surface area contributed by atoms with Gasteiger partial charge in [0.15, 0.2) is 0 Å². The molecule has 3 heterocycles. The summed E-state index contributed by atoms with van der Waals surface area (Å²) in [5, 5.41) is 24.0. The molecule has 28 heavy (non-hydrogen) atoms. The lowest BCUT2D eigenvalue weighted by Crippen LogP contribution is -2.14. The number of thiophene rings is 1. The molecule has 4 rings (SSSR count). The van der Waals surface area contributed by atoms with Crippen LogP contribution in [0.15, 0.2) is 33.1 Å². The van der Waals surface area contributed by atoms with Crippen LogP contribution in [0, 0.1) is 11.3 Å². The van der Waals surface area contributed by atoms with Gasteiger partial charge in [-0.15, -0.1) is 16.4 Å². The van der Waals surface area contributed by atoms with Crippen molar-refractivity contribution in [1.82, 2.24) is 15.2 Å². The molecule has 0 atom stereocenters. The quantitative estimate of drug-likeness (QED) is 0.308.